The van der Waals surface area contributed by atoms with Gasteiger partial charge in [-0.15, -0.1) is 0 Å². The third kappa shape index (κ3) is 1.07. The summed E-state index contributed by atoms with van der Waals surface area (Å²) in [5.74, 6) is 0.622. The van der Waals surface area contributed by atoms with Gasteiger partial charge in [-0.25, -0.2) is 9.50 Å². The number of aromatic amines is 1. The molecule has 72 valence electrons. The second kappa shape index (κ2) is 2.47. The molecule has 0 amide bonds. The molecule has 0 atom stereocenters. The summed E-state index contributed by atoms with van der Waals surface area (Å²) in [6, 6.07) is 3.52. The van der Waals surface area contributed by atoms with Gasteiger partial charge in [-0.1, -0.05) is 0 Å². The van der Waals surface area contributed by atoms with Crippen LogP contribution >= 0.6 is 0 Å². The number of hydrogen-bond acceptors (Lipinski definition) is 2. The van der Waals surface area contributed by atoms with Gasteiger partial charge in [0.15, 0.2) is 5.65 Å². The van der Waals surface area contributed by atoms with Crippen molar-refractivity contribution in [1.29, 1.82) is 0 Å². The normalized spacial score (nSPS) is 16.4. The van der Waals surface area contributed by atoms with E-state index in [9.17, 15) is 4.79 Å². The lowest BCUT2D eigenvalue weighted by Crippen LogP contribution is -2.14. The zero-order valence-corrected chi connectivity index (χ0v) is 7.95. The van der Waals surface area contributed by atoms with Gasteiger partial charge in [-0.2, -0.15) is 0 Å². The van der Waals surface area contributed by atoms with E-state index < -0.39 is 0 Å². The third-order valence-electron chi connectivity index (χ3n) is 2.62. The number of aryl methyl sites for hydroxylation is 1. The number of aromatic nitrogens is 3. The molecule has 1 aliphatic rings. The van der Waals surface area contributed by atoms with Crippen LogP contribution in [0.3, 0.4) is 0 Å². The summed E-state index contributed by atoms with van der Waals surface area (Å²) in [5.41, 5.74) is 2.62. The first-order valence-corrected chi connectivity index (χ1v) is 4.83. The Morgan fingerprint density at radius 1 is 1.50 bits per heavy atom. The lowest BCUT2D eigenvalue weighted by atomic mass is 10.3. The minimum absolute atomic E-state index is 0.0283. The van der Waals surface area contributed by atoms with Gasteiger partial charge < -0.3 is 0 Å². The maximum atomic E-state index is 11.5. The molecule has 1 fully saturated rings. The van der Waals surface area contributed by atoms with Crippen molar-refractivity contribution in [3.8, 4) is 0 Å². The molecule has 1 N–H and O–H groups in total. The van der Waals surface area contributed by atoms with E-state index in [4.69, 9.17) is 0 Å². The number of hydrogen-bond donors (Lipinski definition) is 1. The molecule has 0 aliphatic heterocycles. The highest BCUT2D eigenvalue weighted by atomic mass is 16.1. The Labute approximate surface area is 80.6 Å². The predicted molar refractivity (Wildman–Crippen MR) is 52.5 cm³/mol. The van der Waals surface area contributed by atoms with Gasteiger partial charge >= 0.3 is 0 Å². The van der Waals surface area contributed by atoms with E-state index in [1.807, 2.05) is 13.0 Å². The predicted octanol–water partition coefficient (Wildman–Crippen LogP) is 1.21. The number of nitrogens with one attached hydrogen (secondary N) is 1. The summed E-state index contributed by atoms with van der Waals surface area (Å²) in [6.07, 6.45) is 2.45. The van der Waals surface area contributed by atoms with Gasteiger partial charge in [0, 0.05) is 29.4 Å². The molecule has 2 aromatic rings. The Morgan fingerprint density at radius 3 is 3.00 bits per heavy atom. The molecule has 4 heteroatoms. The fourth-order valence-electron chi connectivity index (χ4n) is 1.73. The van der Waals surface area contributed by atoms with E-state index in [1.165, 1.54) is 17.4 Å². The van der Waals surface area contributed by atoms with Crippen molar-refractivity contribution in [3.63, 3.8) is 0 Å². The van der Waals surface area contributed by atoms with E-state index in [-0.39, 0.29) is 5.56 Å². The number of nitrogens with zero attached hydrogens (tertiary/aromatic N) is 2. The summed E-state index contributed by atoms with van der Waals surface area (Å²) in [5, 5.41) is 3.09. The molecule has 0 unspecified atom stereocenters. The second-order valence-electron chi connectivity index (χ2n) is 3.92. The fraction of sp³-hybridized carbons (Fsp3) is 0.400. The quantitative estimate of drug-likeness (QED) is 0.733. The highest BCUT2D eigenvalue weighted by Crippen LogP contribution is 2.39. The first-order chi connectivity index (χ1) is 6.74. The van der Waals surface area contributed by atoms with Crippen LogP contribution in [0.5, 0.6) is 0 Å². The molecule has 2 aromatic heterocycles. The lowest BCUT2D eigenvalue weighted by Gasteiger charge is -1.92. The van der Waals surface area contributed by atoms with E-state index in [0.717, 1.165) is 17.0 Å². The summed E-state index contributed by atoms with van der Waals surface area (Å²) in [4.78, 5) is 15.8. The molecule has 3 rings (SSSR count). The molecule has 2 heterocycles. The van der Waals surface area contributed by atoms with Crippen LogP contribution in [-0.2, 0) is 0 Å². The first kappa shape index (κ1) is 7.79. The molecule has 14 heavy (non-hydrogen) atoms. The summed E-state index contributed by atoms with van der Waals surface area (Å²) in [7, 11) is 0. The van der Waals surface area contributed by atoms with E-state index in [2.05, 4.69) is 10.1 Å². The minimum atomic E-state index is -0.0283. The fourth-order valence-corrected chi connectivity index (χ4v) is 1.73. The topological polar surface area (TPSA) is 50.2 Å². The molecule has 0 aromatic carbocycles. The Hall–Kier alpha value is -1.58. The van der Waals surface area contributed by atoms with Crippen molar-refractivity contribution < 1.29 is 0 Å². The first-order valence-electron chi connectivity index (χ1n) is 4.83. The largest absolute Gasteiger partial charge is 0.293 e. The molecular formula is C10H11N3O. The van der Waals surface area contributed by atoms with Crippen molar-refractivity contribution in [3.05, 3.63) is 33.9 Å². The Balaban J connectivity index is 2.31. The SMILES string of the molecule is Cc1cc(=O)n2[nH]c(C3CC3)cc2n1. The van der Waals surface area contributed by atoms with E-state index >= 15 is 0 Å². The maximum absolute atomic E-state index is 11.5. The van der Waals surface area contributed by atoms with Gasteiger partial charge in [0.1, 0.15) is 0 Å². The van der Waals surface area contributed by atoms with Crippen LogP contribution in [0.1, 0.15) is 30.1 Å². The van der Waals surface area contributed by atoms with Crippen LogP contribution in [0, 0.1) is 6.92 Å². The molecule has 0 radical (unpaired) electrons. The Kier molecular flexibility index (Phi) is 1.37. The standard InChI is InChI=1S/C10H11N3O/c1-6-4-10(14)13-9(11-6)5-8(12-13)7-2-3-7/h4-5,7,12H,2-3H2,1H3. The van der Waals surface area contributed by atoms with Crippen LogP contribution in [0.4, 0.5) is 0 Å². The summed E-state index contributed by atoms with van der Waals surface area (Å²) < 4.78 is 1.51. The molecular weight excluding hydrogens is 178 g/mol. The van der Waals surface area contributed by atoms with Gasteiger partial charge in [0.05, 0.1) is 0 Å². The van der Waals surface area contributed by atoms with Crippen LogP contribution in [0.25, 0.3) is 5.65 Å². The molecule has 4 nitrogen and oxygen atoms in total. The highest BCUT2D eigenvalue weighted by Gasteiger charge is 2.25. The van der Waals surface area contributed by atoms with Crippen LogP contribution in [0.15, 0.2) is 16.9 Å². The molecule has 0 bridgehead atoms. The monoisotopic (exact) mass is 189 g/mol. The third-order valence-corrected chi connectivity index (χ3v) is 2.62. The average Bonchev–Trinajstić information content (AvgIpc) is 2.87. The van der Waals surface area contributed by atoms with Gasteiger partial charge in [0.25, 0.3) is 5.56 Å². The van der Waals surface area contributed by atoms with Crippen LogP contribution < -0.4 is 5.56 Å². The minimum Gasteiger partial charge on any atom is -0.293 e. The van der Waals surface area contributed by atoms with Crippen molar-refractivity contribution >= 4 is 5.65 Å². The highest BCUT2D eigenvalue weighted by molar-refractivity contribution is 5.41. The summed E-state index contributed by atoms with van der Waals surface area (Å²) >= 11 is 0. The zero-order valence-electron chi connectivity index (χ0n) is 7.95. The molecule has 0 saturated heterocycles. The number of H-pyrrole nitrogens is 1. The van der Waals surface area contributed by atoms with Crippen LogP contribution in [0.2, 0.25) is 0 Å². The lowest BCUT2D eigenvalue weighted by molar-refractivity contribution is 0.848. The second-order valence-corrected chi connectivity index (χ2v) is 3.92. The number of rotatable bonds is 1. The Bertz CT molecular complexity index is 548. The van der Waals surface area contributed by atoms with Gasteiger partial charge in [-0.3, -0.25) is 9.89 Å². The average molecular weight is 189 g/mol. The van der Waals surface area contributed by atoms with Crippen molar-refractivity contribution in [1.82, 2.24) is 14.6 Å². The van der Waals surface area contributed by atoms with Crippen molar-refractivity contribution in [2.24, 2.45) is 0 Å². The Morgan fingerprint density at radius 2 is 2.29 bits per heavy atom. The maximum Gasteiger partial charge on any atom is 0.272 e. The molecule has 1 saturated carbocycles. The van der Waals surface area contributed by atoms with Gasteiger partial charge in [0.2, 0.25) is 0 Å². The zero-order chi connectivity index (χ0) is 9.71. The van der Waals surface area contributed by atoms with Crippen LogP contribution in [-0.4, -0.2) is 14.6 Å². The van der Waals surface area contributed by atoms with Crippen molar-refractivity contribution in [2.45, 2.75) is 25.7 Å². The smallest absolute Gasteiger partial charge is 0.272 e. The van der Waals surface area contributed by atoms with E-state index in [1.54, 1.807) is 6.07 Å². The number of fused-ring (bicyclic) bond motifs is 1. The summed E-state index contributed by atoms with van der Waals surface area (Å²) in [6.45, 7) is 1.84. The van der Waals surface area contributed by atoms with Crippen molar-refractivity contribution in [2.75, 3.05) is 0 Å². The van der Waals surface area contributed by atoms with Gasteiger partial charge in [-0.05, 0) is 19.8 Å². The van der Waals surface area contributed by atoms with E-state index in [0.29, 0.717) is 5.92 Å². The molecule has 0 spiro atoms. The molecule has 1 aliphatic carbocycles.